The molecule has 2 atom stereocenters. The molecule has 2 amide bonds. The van der Waals surface area contributed by atoms with Gasteiger partial charge in [-0.25, -0.2) is 9.69 Å². The van der Waals surface area contributed by atoms with Crippen LogP contribution >= 0.6 is 42.2 Å². The first-order chi connectivity index (χ1) is 23.5. The lowest BCUT2D eigenvalue weighted by atomic mass is 9.93. The molecule has 2 aliphatic rings. The molecule has 0 fully saturated rings. The molecule has 1 aromatic carbocycles. The lowest BCUT2D eigenvalue weighted by Crippen LogP contribution is -2.31. The first-order valence-corrected chi connectivity index (χ1v) is 19.1. The number of aromatic nitrogens is 3. The molecule has 4 rings (SSSR count). The third-order valence-electron chi connectivity index (χ3n) is 6.83. The Hall–Kier alpha value is -3.59. The molecular weight excluding hydrogens is 736 g/mol. The van der Waals surface area contributed by atoms with E-state index in [2.05, 4.69) is 25.6 Å². The third-order valence-corrected chi connectivity index (χ3v) is 8.70. The van der Waals surface area contributed by atoms with E-state index >= 15 is 0 Å². The molecule has 0 saturated carbocycles. The van der Waals surface area contributed by atoms with Gasteiger partial charge in [-0.05, 0) is 94.3 Å². The molecule has 50 heavy (non-hydrogen) atoms. The minimum Gasteiger partial charge on any atom is -0.480 e. The van der Waals surface area contributed by atoms with Crippen LogP contribution in [0.5, 0.6) is 0 Å². The minimum absolute atomic E-state index is 0.0412. The number of nitrogens with zero attached hydrogens (tertiary/aromatic N) is 4. The van der Waals surface area contributed by atoms with Crippen molar-refractivity contribution >= 4 is 89.6 Å². The standard InChI is InChI=1S/C19H17Cl2NO4.C7H12ClN5.C5H12NO4P/c1-2-26-19(25)16(21)10-11-9-12(7-8-15(11)20)22-17(23)13-5-3-4-6-14(13)18(22)24;1-3-9-6-11-5(8)12-7(13-6)10-4-2;1-11(9,10)3-2-4(6)5(7)8/h7-10H,2-6H2,1H3;3-4H2,1-2H3,(H2,9,10,11,12,13);4H,2-3,6H2,1H3,(H,7,8)(H,9,10)/b16-10-;;. The minimum atomic E-state index is -3.10. The van der Waals surface area contributed by atoms with E-state index in [-0.39, 0.29) is 41.3 Å². The molecule has 2 aromatic rings. The van der Waals surface area contributed by atoms with Crippen LogP contribution in [0.4, 0.5) is 17.6 Å². The topological polar surface area (TPSA) is 227 Å². The number of anilines is 3. The number of carboxylic acid groups (broad SMARTS) is 1. The van der Waals surface area contributed by atoms with Crippen molar-refractivity contribution in [2.24, 2.45) is 5.73 Å². The Morgan fingerprint density at radius 3 is 2.04 bits per heavy atom. The van der Waals surface area contributed by atoms with Crippen LogP contribution in [-0.2, 0) is 28.5 Å². The predicted molar refractivity (Wildman–Crippen MR) is 194 cm³/mol. The highest BCUT2D eigenvalue weighted by Crippen LogP contribution is 2.37. The Balaban J connectivity index is 0.000000302. The number of hydrogen-bond donors (Lipinski definition) is 5. The smallest absolute Gasteiger partial charge is 0.349 e. The van der Waals surface area contributed by atoms with Crippen molar-refractivity contribution in [3.63, 3.8) is 0 Å². The summed E-state index contributed by atoms with van der Waals surface area (Å²) in [5.41, 5.74) is 7.14. The maximum absolute atomic E-state index is 12.7. The molecule has 15 nitrogen and oxygen atoms in total. The molecule has 0 spiro atoms. The van der Waals surface area contributed by atoms with Gasteiger partial charge in [0.25, 0.3) is 11.8 Å². The number of nitrogens with two attached hydrogens (primary N) is 1. The number of carbonyl (C=O) groups is 4. The summed E-state index contributed by atoms with van der Waals surface area (Å²) < 4.78 is 15.5. The van der Waals surface area contributed by atoms with E-state index < -0.39 is 25.3 Å². The number of hydrogen-bond acceptors (Lipinski definition) is 12. The van der Waals surface area contributed by atoms with E-state index in [1.165, 1.54) is 17.6 Å². The number of amides is 2. The predicted octanol–water partition coefficient (Wildman–Crippen LogP) is 5.30. The second kappa shape index (κ2) is 20.3. The van der Waals surface area contributed by atoms with Crippen molar-refractivity contribution < 1.29 is 38.5 Å². The first kappa shape index (κ1) is 42.6. The molecule has 2 heterocycles. The largest absolute Gasteiger partial charge is 0.480 e. The molecule has 0 radical (unpaired) electrons. The summed E-state index contributed by atoms with van der Waals surface area (Å²) in [4.78, 5) is 68.9. The van der Waals surface area contributed by atoms with Gasteiger partial charge in [0.15, 0.2) is 7.37 Å². The number of aliphatic carboxylic acids is 1. The Bertz CT molecular complexity index is 1620. The number of esters is 1. The number of carboxylic acids is 1. The number of halogens is 3. The Kier molecular flexibility index (Phi) is 17.3. The Morgan fingerprint density at radius 1 is 1.04 bits per heavy atom. The van der Waals surface area contributed by atoms with Crippen LogP contribution in [0.25, 0.3) is 6.08 Å². The fraction of sp³-hybridized carbons (Fsp3) is 0.452. The van der Waals surface area contributed by atoms with Crippen molar-refractivity contribution in [1.29, 1.82) is 0 Å². The summed E-state index contributed by atoms with van der Waals surface area (Å²) in [6.45, 7) is 8.49. The number of benzene rings is 1. The average Bonchev–Trinajstić information content (AvgIpc) is 3.30. The van der Waals surface area contributed by atoms with Crippen LogP contribution in [0, 0.1) is 0 Å². The van der Waals surface area contributed by atoms with Crippen LogP contribution in [0.3, 0.4) is 0 Å². The van der Waals surface area contributed by atoms with E-state index in [1.807, 2.05) is 13.8 Å². The second-order valence-electron chi connectivity index (χ2n) is 10.8. The number of nitrogens with one attached hydrogen (secondary N) is 2. The van der Waals surface area contributed by atoms with Gasteiger partial charge in [-0.2, -0.15) is 15.0 Å². The van der Waals surface area contributed by atoms with Crippen LogP contribution in [-0.4, -0.2) is 87.3 Å². The lowest BCUT2D eigenvalue weighted by molar-refractivity contribution is -0.139. The zero-order valence-corrected chi connectivity index (χ0v) is 31.2. The van der Waals surface area contributed by atoms with Gasteiger partial charge >= 0.3 is 11.9 Å². The number of imide groups is 1. The monoisotopic (exact) mass is 775 g/mol. The fourth-order valence-corrected chi connectivity index (χ4v) is 5.74. The zero-order chi connectivity index (χ0) is 37.6. The van der Waals surface area contributed by atoms with Crippen molar-refractivity contribution in [2.45, 2.75) is 58.9 Å². The molecule has 2 unspecified atom stereocenters. The SMILES string of the molecule is CCNc1nc(Cl)nc(NCC)n1.CCOC(=O)/C(Cl)=C/c1cc(N2C(=O)C3=C(CCCC3)C2=O)ccc1Cl.CP(=O)(O)CCC(N)C(=O)O. The van der Waals surface area contributed by atoms with Crippen molar-refractivity contribution in [1.82, 2.24) is 15.0 Å². The average molecular weight is 777 g/mol. The summed E-state index contributed by atoms with van der Waals surface area (Å²) in [7, 11) is -3.10. The van der Waals surface area contributed by atoms with Crippen molar-refractivity contribution in [3.8, 4) is 0 Å². The van der Waals surface area contributed by atoms with Crippen LogP contribution in [0.2, 0.25) is 10.3 Å². The van der Waals surface area contributed by atoms with Gasteiger partial charge in [-0.1, -0.05) is 23.2 Å². The molecule has 1 aliphatic heterocycles. The summed E-state index contributed by atoms with van der Waals surface area (Å²) in [6.07, 6.45) is 4.45. The molecule has 274 valence electrons. The van der Waals surface area contributed by atoms with E-state index in [0.717, 1.165) is 25.9 Å². The molecule has 1 aromatic heterocycles. The quantitative estimate of drug-likeness (QED) is 0.0798. The normalized spacial score (nSPS) is 15.9. The first-order valence-electron chi connectivity index (χ1n) is 15.6. The van der Waals surface area contributed by atoms with E-state index in [0.29, 0.717) is 52.2 Å². The Morgan fingerprint density at radius 2 is 1.58 bits per heavy atom. The maximum Gasteiger partial charge on any atom is 0.349 e. The number of ether oxygens (including phenoxy) is 1. The Labute approximate surface area is 305 Å². The second-order valence-corrected chi connectivity index (χ2v) is 14.6. The molecule has 0 bridgehead atoms. The third kappa shape index (κ3) is 13.3. The van der Waals surface area contributed by atoms with Gasteiger partial charge in [0.05, 0.1) is 12.3 Å². The van der Waals surface area contributed by atoms with Gasteiger partial charge in [-0.3, -0.25) is 18.9 Å². The van der Waals surface area contributed by atoms with Gasteiger partial charge in [0.1, 0.15) is 11.1 Å². The zero-order valence-electron chi connectivity index (χ0n) is 28.0. The van der Waals surface area contributed by atoms with E-state index in [9.17, 15) is 23.7 Å². The van der Waals surface area contributed by atoms with E-state index in [1.54, 1.807) is 25.1 Å². The highest BCUT2D eigenvalue weighted by Gasteiger charge is 2.39. The van der Waals surface area contributed by atoms with Gasteiger partial charge in [-0.15, -0.1) is 0 Å². The van der Waals surface area contributed by atoms with Crippen LogP contribution in [0.1, 0.15) is 58.4 Å². The van der Waals surface area contributed by atoms with E-state index in [4.69, 9.17) is 55.3 Å². The van der Waals surface area contributed by atoms with Crippen LogP contribution < -0.4 is 21.3 Å². The molecule has 1 aliphatic carbocycles. The molecule has 0 saturated heterocycles. The summed E-state index contributed by atoms with van der Waals surface area (Å²) in [5, 5.41) is 14.6. The van der Waals surface area contributed by atoms with Gasteiger partial charge in [0.2, 0.25) is 17.2 Å². The van der Waals surface area contributed by atoms with Crippen LogP contribution in [0.15, 0.2) is 34.4 Å². The van der Waals surface area contributed by atoms with Crippen molar-refractivity contribution in [2.75, 3.05) is 48.1 Å². The maximum atomic E-state index is 12.7. The summed E-state index contributed by atoms with van der Waals surface area (Å²) in [6, 6.07) is 3.70. The van der Waals surface area contributed by atoms with Gasteiger partial charge < -0.3 is 31.1 Å². The number of carbonyl (C=O) groups excluding carboxylic acids is 3. The molecule has 6 N–H and O–H groups in total. The fourth-order valence-electron chi connectivity index (χ4n) is 4.48. The molecule has 19 heteroatoms. The number of rotatable bonds is 12. The highest BCUT2D eigenvalue weighted by atomic mass is 35.5. The van der Waals surface area contributed by atoms with Gasteiger partial charge in [0, 0.05) is 42.1 Å². The summed E-state index contributed by atoms with van der Waals surface area (Å²) >= 11 is 17.8. The summed E-state index contributed by atoms with van der Waals surface area (Å²) in [5.74, 6) is -1.37. The molecular formula is C31H41Cl3N7O8P. The lowest BCUT2D eigenvalue weighted by Gasteiger charge is -2.16. The van der Waals surface area contributed by atoms with Crippen molar-refractivity contribution in [3.05, 3.63) is 50.2 Å². The highest BCUT2D eigenvalue weighted by molar-refractivity contribution is 7.57.